The average molecular weight is 406 g/mol. The summed E-state index contributed by atoms with van der Waals surface area (Å²) in [6.07, 6.45) is 8.44. The summed E-state index contributed by atoms with van der Waals surface area (Å²) in [6, 6.07) is 13.1. The molecule has 0 radical (unpaired) electrons. The number of terminal acetylenes is 1. The molecule has 2 aromatic carbocycles. The third kappa shape index (κ3) is 5.78. The first kappa shape index (κ1) is 22.4. The van der Waals surface area contributed by atoms with E-state index in [1.165, 1.54) is 24.3 Å². The van der Waals surface area contributed by atoms with Gasteiger partial charge >= 0.3 is 0 Å². The van der Waals surface area contributed by atoms with Crippen molar-refractivity contribution < 1.29 is 13.9 Å². The zero-order chi connectivity index (χ0) is 19.3. The van der Waals surface area contributed by atoms with Crippen molar-refractivity contribution in [1.29, 1.82) is 0 Å². The number of benzene rings is 2. The number of nitrogens with zero attached hydrogens (tertiary/aromatic N) is 1. The Hall–Kier alpha value is -1.93. The fourth-order valence-electron chi connectivity index (χ4n) is 3.73. The molecule has 28 heavy (non-hydrogen) atoms. The number of rotatable bonds is 6. The minimum absolute atomic E-state index is 0. The van der Waals surface area contributed by atoms with Crippen molar-refractivity contribution >= 4 is 12.4 Å². The summed E-state index contributed by atoms with van der Waals surface area (Å²) >= 11 is 0. The van der Waals surface area contributed by atoms with Gasteiger partial charge in [-0.1, -0.05) is 30.2 Å². The molecular weight excluding hydrogens is 380 g/mol. The predicted molar refractivity (Wildman–Crippen MR) is 111 cm³/mol. The quantitative estimate of drug-likeness (QED) is 0.700. The average Bonchev–Trinajstić information content (AvgIpc) is 2.69. The second-order valence-corrected chi connectivity index (χ2v) is 7.32. The second kappa shape index (κ2) is 10.0. The number of hydrogen-bond acceptors (Lipinski definition) is 2. The fraction of sp³-hybridized carbons (Fsp3) is 0.391. The van der Waals surface area contributed by atoms with Crippen molar-refractivity contribution in [1.82, 2.24) is 4.90 Å². The van der Waals surface area contributed by atoms with Gasteiger partial charge in [0.25, 0.3) is 0 Å². The summed E-state index contributed by atoms with van der Waals surface area (Å²) in [5, 5.41) is 10.1. The number of piperidine rings is 1. The van der Waals surface area contributed by atoms with Crippen molar-refractivity contribution in [3.63, 3.8) is 0 Å². The van der Waals surface area contributed by atoms with E-state index in [2.05, 4.69) is 10.8 Å². The SMILES string of the molecule is C#CC1(O)CCN(CCCC(c2ccc(F)cc2)c2ccc(F)cc2)CC1.Cl. The first-order valence-electron chi connectivity index (χ1n) is 9.42. The van der Waals surface area contributed by atoms with Crippen LogP contribution in [0.25, 0.3) is 0 Å². The molecule has 150 valence electrons. The van der Waals surface area contributed by atoms with Crippen LogP contribution in [0.3, 0.4) is 0 Å². The fourth-order valence-corrected chi connectivity index (χ4v) is 3.73. The van der Waals surface area contributed by atoms with E-state index in [0.717, 1.165) is 43.6 Å². The Kier molecular flexibility index (Phi) is 8.00. The van der Waals surface area contributed by atoms with Gasteiger partial charge < -0.3 is 10.0 Å². The minimum atomic E-state index is -0.957. The Morgan fingerprint density at radius 1 is 0.964 bits per heavy atom. The minimum Gasteiger partial charge on any atom is -0.378 e. The van der Waals surface area contributed by atoms with Crippen LogP contribution in [0, 0.1) is 24.0 Å². The van der Waals surface area contributed by atoms with E-state index in [-0.39, 0.29) is 30.0 Å². The zero-order valence-corrected chi connectivity index (χ0v) is 16.6. The van der Waals surface area contributed by atoms with Crippen molar-refractivity contribution in [2.24, 2.45) is 0 Å². The number of halogens is 3. The van der Waals surface area contributed by atoms with Gasteiger partial charge in [0, 0.05) is 31.8 Å². The summed E-state index contributed by atoms with van der Waals surface area (Å²) < 4.78 is 26.6. The van der Waals surface area contributed by atoms with Gasteiger partial charge in [-0.05, 0) is 54.8 Å². The summed E-state index contributed by atoms with van der Waals surface area (Å²) in [5.41, 5.74) is 1.10. The van der Waals surface area contributed by atoms with Crippen LogP contribution in [-0.4, -0.2) is 35.2 Å². The van der Waals surface area contributed by atoms with Crippen molar-refractivity contribution in [3.05, 3.63) is 71.3 Å². The molecule has 0 bridgehead atoms. The maximum atomic E-state index is 13.3. The summed E-state index contributed by atoms with van der Waals surface area (Å²) in [5.74, 6) is 2.07. The molecule has 1 aliphatic heterocycles. The molecular formula is C23H26ClF2NO. The molecule has 1 fully saturated rings. The summed E-state index contributed by atoms with van der Waals surface area (Å²) in [7, 11) is 0. The highest BCUT2D eigenvalue weighted by molar-refractivity contribution is 5.85. The molecule has 0 aliphatic carbocycles. The smallest absolute Gasteiger partial charge is 0.127 e. The molecule has 0 atom stereocenters. The van der Waals surface area contributed by atoms with Gasteiger partial charge in [-0.2, -0.15) is 0 Å². The molecule has 0 aromatic heterocycles. The lowest BCUT2D eigenvalue weighted by molar-refractivity contribution is 0.0268. The molecule has 1 N–H and O–H groups in total. The van der Waals surface area contributed by atoms with Crippen molar-refractivity contribution in [2.45, 2.75) is 37.2 Å². The lowest BCUT2D eigenvalue weighted by Gasteiger charge is -2.35. The van der Waals surface area contributed by atoms with Crippen LogP contribution in [0.1, 0.15) is 42.7 Å². The van der Waals surface area contributed by atoms with Crippen LogP contribution in [0.5, 0.6) is 0 Å². The monoisotopic (exact) mass is 405 g/mol. The van der Waals surface area contributed by atoms with Crippen LogP contribution < -0.4 is 0 Å². The van der Waals surface area contributed by atoms with Crippen molar-refractivity contribution in [2.75, 3.05) is 19.6 Å². The van der Waals surface area contributed by atoms with Crippen LogP contribution >= 0.6 is 12.4 Å². The molecule has 1 heterocycles. The number of likely N-dealkylation sites (tertiary alicyclic amines) is 1. The summed E-state index contributed by atoms with van der Waals surface area (Å²) in [4.78, 5) is 2.32. The topological polar surface area (TPSA) is 23.5 Å². The largest absolute Gasteiger partial charge is 0.378 e. The first-order valence-corrected chi connectivity index (χ1v) is 9.42. The molecule has 1 aliphatic rings. The van der Waals surface area contributed by atoms with E-state index < -0.39 is 5.60 Å². The molecule has 0 amide bonds. The highest BCUT2D eigenvalue weighted by Crippen LogP contribution is 2.30. The van der Waals surface area contributed by atoms with E-state index >= 15 is 0 Å². The Bertz CT molecular complexity index is 732. The van der Waals surface area contributed by atoms with E-state index in [1.807, 2.05) is 0 Å². The highest BCUT2D eigenvalue weighted by atomic mass is 35.5. The van der Waals surface area contributed by atoms with Crippen LogP contribution in [0.4, 0.5) is 8.78 Å². The standard InChI is InChI=1S/C23H25F2NO.ClH/c1-2-23(27)13-16-26(17-14-23)15-3-4-22(18-5-9-20(24)10-6-18)19-7-11-21(25)12-8-19;/h1,5-12,22,27H,3-4,13-17H2;1H. The third-order valence-electron chi connectivity index (χ3n) is 5.46. The second-order valence-electron chi connectivity index (χ2n) is 7.32. The molecule has 2 nitrogen and oxygen atoms in total. The van der Waals surface area contributed by atoms with E-state index in [9.17, 15) is 13.9 Å². The Balaban J connectivity index is 0.00000280. The molecule has 2 aromatic rings. The number of aliphatic hydroxyl groups is 1. The molecule has 5 heteroatoms. The Morgan fingerprint density at radius 2 is 1.43 bits per heavy atom. The van der Waals surface area contributed by atoms with Crippen LogP contribution in [-0.2, 0) is 0 Å². The van der Waals surface area contributed by atoms with Gasteiger partial charge in [0.1, 0.15) is 17.2 Å². The Morgan fingerprint density at radius 3 is 1.86 bits per heavy atom. The van der Waals surface area contributed by atoms with Gasteiger partial charge in [0.05, 0.1) is 0 Å². The zero-order valence-electron chi connectivity index (χ0n) is 15.8. The van der Waals surface area contributed by atoms with Gasteiger partial charge in [-0.3, -0.25) is 0 Å². The van der Waals surface area contributed by atoms with Gasteiger partial charge in [-0.15, -0.1) is 18.8 Å². The van der Waals surface area contributed by atoms with E-state index in [0.29, 0.717) is 12.8 Å². The maximum Gasteiger partial charge on any atom is 0.127 e. The van der Waals surface area contributed by atoms with Crippen LogP contribution in [0.15, 0.2) is 48.5 Å². The lowest BCUT2D eigenvalue weighted by atomic mass is 9.87. The normalized spacial score (nSPS) is 16.4. The number of hydrogen-bond donors (Lipinski definition) is 1. The third-order valence-corrected chi connectivity index (χ3v) is 5.46. The van der Waals surface area contributed by atoms with Gasteiger partial charge in [0.15, 0.2) is 0 Å². The first-order chi connectivity index (χ1) is 13.0. The highest BCUT2D eigenvalue weighted by Gasteiger charge is 2.29. The van der Waals surface area contributed by atoms with Gasteiger partial charge in [0.2, 0.25) is 0 Å². The predicted octanol–water partition coefficient (Wildman–Crippen LogP) is 4.76. The van der Waals surface area contributed by atoms with Crippen molar-refractivity contribution in [3.8, 4) is 12.3 Å². The molecule has 0 saturated carbocycles. The Labute approximate surface area is 172 Å². The molecule has 3 rings (SSSR count). The van der Waals surface area contributed by atoms with E-state index in [1.54, 1.807) is 24.3 Å². The van der Waals surface area contributed by atoms with Crippen LogP contribution in [0.2, 0.25) is 0 Å². The summed E-state index contributed by atoms with van der Waals surface area (Å²) in [6.45, 7) is 2.50. The molecule has 0 unspecified atom stereocenters. The van der Waals surface area contributed by atoms with Gasteiger partial charge in [-0.25, -0.2) is 8.78 Å². The lowest BCUT2D eigenvalue weighted by Crippen LogP contribution is -2.43. The maximum absolute atomic E-state index is 13.3. The molecule has 1 saturated heterocycles. The van der Waals surface area contributed by atoms with E-state index in [4.69, 9.17) is 6.42 Å². The molecule has 0 spiro atoms.